The van der Waals surface area contributed by atoms with E-state index in [1.165, 1.54) is 16.9 Å². The van der Waals surface area contributed by atoms with E-state index in [-0.39, 0.29) is 23.9 Å². The second-order valence-electron chi connectivity index (χ2n) is 10.7. The van der Waals surface area contributed by atoms with Crippen molar-refractivity contribution < 1.29 is 4.79 Å². The van der Waals surface area contributed by atoms with Gasteiger partial charge in [0.15, 0.2) is 4.96 Å². The Bertz CT molecular complexity index is 1960. The molecule has 1 amide bonds. The molecule has 6 aromatic rings. The second-order valence-corrected chi connectivity index (χ2v) is 11.5. The number of carbonyl (C=O) groups is 1. The Hall–Kier alpha value is -4.82. The zero-order valence-electron chi connectivity index (χ0n) is 24.4. The van der Waals surface area contributed by atoms with Crippen LogP contribution in [0.3, 0.4) is 0 Å². The maximum Gasteiger partial charge on any atom is 0.268 e. The zero-order chi connectivity index (χ0) is 29.9. The lowest BCUT2D eigenvalue weighted by Gasteiger charge is -2.19. The summed E-state index contributed by atoms with van der Waals surface area (Å²) in [6.45, 7) is 5.94. The molecule has 3 aromatic heterocycles. The Labute approximate surface area is 254 Å². The van der Waals surface area contributed by atoms with E-state index in [0.29, 0.717) is 34.0 Å². The predicted molar refractivity (Wildman–Crippen MR) is 172 cm³/mol. The van der Waals surface area contributed by atoms with Crippen LogP contribution >= 0.6 is 11.3 Å². The van der Waals surface area contributed by atoms with Gasteiger partial charge in [-0.15, -0.1) is 11.3 Å². The highest BCUT2D eigenvalue weighted by Gasteiger charge is 2.22. The third-order valence-electron chi connectivity index (χ3n) is 7.73. The summed E-state index contributed by atoms with van der Waals surface area (Å²) in [4.78, 5) is 32.8. The maximum atomic E-state index is 14.0. The number of aryl methyl sites for hydroxylation is 3. The van der Waals surface area contributed by atoms with Gasteiger partial charge in [0, 0.05) is 16.8 Å². The topological polar surface area (TPSA) is 81.3 Å². The van der Waals surface area contributed by atoms with Crippen LogP contribution in [0, 0.1) is 13.8 Å². The van der Waals surface area contributed by atoms with Gasteiger partial charge in [-0.25, -0.2) is 9.67 Å². The first kappa shape index (κ1) is 28.3. The van der Waals surface area contributed by atoms with Crippen molar-refractivity contribution in [2.45, 2.75) is 46.1 Å². The van der Waals surface area contributed by atoms with Crippen molar-refractivity contribution in [1.29, 1.82) is 0 Å². The lowest BCUT2D eigenvalue weighted by Crippen LogP contribution is -2.32. The number of hydrogen-bond acceptors (Lipinski definition) is 5. The lowest BCUT2D eigenvalue weighted by atomic mass is 9.98. The van der Waals surface area contributed by atoms with Gasteiger partial charge in [0.2, 0.25) is 5.91 Å². The van der Waals surface area contributed by atoms with E-state index in [0.717, 1.165) is 28.9 Å². The van der Waals surface area contributed by atoms with Gasteiger partial charge in [-0.1, -0.05) is 85.8 Å². The Morgan fingerprint density at radius 1 is 0.953 bits per heavy atom. The summed E-state index contributed by atoms with van der Waals surface area (Å²) in [6.07, 6.45) is 1.59. The molecular formula is C35H33N5O2S. The minimum atomic E-state index is -0.219. The first-order valence-corrected chi connectivity index (χ1v) is 15.3. The number of aromatic nitrogens is 4. The Morgan fingerprint density at radius 3 is 2.40 bits per heavy atom. The normalized spacial score (nSPS) is 12.0. The molecule has 0 saturated carbocycles. The number of para-hydroxylation sites is 1. The van der Waals surface area contributed by atoms with Crippen LogP contribution in [-0.2, 0) is 24.1 Å². The molecule has 1 unspecified atom stereocenters. The van der Waals surface area contributed by atoms with E-state index in [1.54, 1.807) is 4.40 Å². The van der Waals surface area contributed by atoms with Crippen LogP contribution in [0.4, 0.5) is 0 Å². The number of amides is 1. The smallest absolute Gasteiger partial charge is 0.268 e. The summed E-state index contributed by atoms with van der Waals surface area (Å²) in [6, 6.07) is 30.0. The molecule has 6 rings (SSSR count). The third kappa shape index (κ3) is 5.79. The first-order chi connectivity index (χ1) is 20.9. The number of nitrogens with zero attached hydrogens (tertiary/aromatic N) is 4. The van der Waals surface area contributed by atoms with Gasteiger partial charge in [0.05, 0.1) is 29.4 Å². The highest BCUT2D eigenvalue weighted by Crippen LogP contribution is 2.25. The summed E-state index contributed by atoms with van der Waals surface area (Å²) in [5.41, 5.74) is 7.28. The van der Waals surface area contributed by atoms with Crippen molar-refractivity contribution in [2.24, 2.45) is 0 Å². The molecule has 0 aliphatic rings. The number of carbonyl (C=O) groups excluding carboxylic acids is 1. The standard InChI is InChI=1S/C35H33N5O2S/c1-4-26-15-11-12-18-31(26)40-23(2)19-30(38-40)33-24(3)36-35-39(34(33)42)28(22-43-35)21-32(41)37-29(27-16-9-6-10-17-27)20-25-13-7-5-8-14-25/h5-19,22,29H,4,20-21H2,1-3H3,(H,37,41). The highest BCUT2D eigenvalue weighted by atomic mass is 32.1. The van der Waals surface area contributed by atoms with Gasteiger partial charge in [0.25, 0.3) is 5.56 Å². The minimum absolute atomic E-state index is 0.0551. The average molecular weight is 588 g/mol. The maximum absolute atomic E-state index is 14.0. The SMILES string of the molecule is CCc1ccccc1-n1nc(-c2c(C)nc3scc(CC(=O)NC(Cc4ccccc4)c4ccccc4)n3c2=O)cc1C. The van der Waals surface area contributed by atoms with E-state index >= 15 is 0 Å². The summed E-state index contributed by atoms with van der Waals surface area (Å²) in [5.74, 6) is -0.158. The van der Waals surface area contributed by atoms with Gasteiger partial charge >= 0.3 is 0 Å². The Balaban J connectivity index is 1.32. The molecular weight excluding hydrogens is 554 g/mol. The fraction of sp³-hybridized carbons (Fsp3) is 0.200. The largest absolute Gasteiger partial charge is 0.349 e. The Morgan fingerprint density at radius 2 is 1.65 bits per heavy atom. The molecule has 7 nitrogen and oxygen atoms in total. The third-order valence-corrected chi connectivity index (χ3v) is 8.60. The van der Waals surface area contributed by atoms with Crippen LogP contribution in [0.1, 0.15) is 46.7 Å². The molecule has 0 aliphatic heterocycles. The predicted octanol–water partition coefficient (Wildman–Crippen LogP) is 6.43. The quantitative estimate of drug-likeness (QED) is 0.211. The van der Waals surface area contributed by atoms with Crippen molar-refractivity contribution in [3.8, 4) is 16.9 Å². The van der Waals surface area contributed by atoms with Crippen LogP contribution < -0.4 is 10.9 Å². The summed E-state index contributed by atoms with van der Waals surface area (Å²) in [7, 11) is 0. The van der Waals surface area contributed by atoms with Gasteiger partial charge in [-0.05, 0) is 55.5 Å². The van der Waals surface area contributed by atoms with E-state index in [2.05, 4.69) is 30.4 Å². The molecule has 0 saturated heterocycles. The zero-order valence-corrected chi connectivity index (χ0v) is 25.3. The van der Waals surface area contributed by atoms with Crippen LogP contribution in [0.5, 0.6) is 0 Å². The average Bonchev–Trinajstić information content (AvgIpc) is 3.60. The van der Waals surface area contributed by atoms with Crippen LogP contribution in [-0.4, -0.2) is 25.1 Å². The number of thiazole rings is 1. The molecule has 0 spiro atoms. The number of rotatable bonds is 9. The first-order valence-electron chi connectivity index (χ1n) is 14.5. The van der Waals surface area contributed by atoms with Crippen molar-refractivity contribution in [3.63, 3.8) is 0 Å². The fourth-order valence-corrected chi connectivity index (χ4v) is 6.50. The van der Waals surface area contributed by atoms with Gasteiger partial charge in [0.1, 0.15) is 5.69 Å². The van der Waals surface area contributed by atoms with Crippen molar-refractivity contribution >= 4 is 22.2 Å². The molecule has 3 heterocycles. The van der Waals surface area contributed by atoms with E-state index in [1.807, 2.05) is 96.7 Å². The Kier molecular flexibility index (Phi) is 8.03. The number of benzene rings is 3. The molecule has 1 N–H and O–H groups in total. The van der Waals surface area contributed by atoms with Crippen molar-refractivity contribution in [3.05, 3.63) is 141 Å². The van der Waals surface area contributed by atoms with E-state index < -0.39 is 0 Å². The van der Waals surface area contributed by atoms with Crippen molar-refractivity contribution in [1.82, 2.24) is 24.5 Å². The fourth-order valence-electron chi connectivity index (χ4n) is 5.58. The van der Waals surface area contributed by atoms with Gasteiger partial charge < -0.3 is 5.32 Å². The number of fused-ring (bicyclic) bond motifs is 1. The second kappa shape index (κ2) is 12.2. The minimum Gasteiger partial charge on any atom is -0.349 e. The molecule has 0 bridgehead atoms. The molecule has 0 radical (unpaired) electrons. The molecule has 43 heavy (non-hydrogen) atoms. The van der Waals surface area contributed by atoms with E-state index in [9.17, 15) is 9.59 Å². The monoisotopic (exact) mass is 587 g/mol. The van der Waals surface area contributed by atoms with E-state index in [4.69, 9.17) is 10.1 Å². The molecule has 3 aromatic carbocycles. The van der Waals surface area contributed by atoms with Crippen LogP contribution in [0.25, 0.3) is 21.9 Å². The van der Waals surface area contributed by atoms with Crippen LogP contribution in [0.2, 0.25) is 0 Å². The van der Waals surface area contributed by atoms with Gasteiger partial charge in [-0.3, -0.25) is 14.0 Å². The summed E-state index contributed by atoms with van der Waals surface area (Å²) in [5, 5.41) is 9.93. The molecule has 216 valence electrons. The molecule has 1 atom stereocenters. The molecule has 8 heteroatoms. The van der Waals surface area contributed by atoms with Crippen LogP contribution in [0.15, 0.2) is 101 Å². The highest BCUT2D eigenvalue weighted by molar-refractivity contribution is 7.15. The number of hydrogen-bond donors (Lipinski definition) is 1. The summed E-state index contributed by atoms with van der Waals surface area (Å²) < 4.78 is 3.45. The van der Waals surface area contributed by atoms with Gasteiger partial charge in [-0.2, -0.15) is 5.10 Å². The lowest BCUT2D eigenvalue weighted by molar-refractivity contribution is -0.121. The van der Waals surface area contributed by atoms with Crippen molar-refractivity contribution in [2.75, 3.05) is 0 Å². The molecule has 0 fully saturated rings. The number of nitrogens with one attached hydrogen (secondary N) is 1. The molecule has 0 aliphatic carbocycles. The summed E-state index contributed by atoms with van der Waals surface area (Å²) >= 11 is 1.36.